The van der Waals surface area contributed by atoms with Gasteiger partial charge in [0.25, 0.3) is 0 Å². The summed E-state index contributed by atoms with van der Waals surface area (Å²) >= 11 is 0. The number of amides is 1. The molecule has 112 valence electrons. The van der Waals surface area contributed by atoms with Crippen molar-refractivity contribution in [2.45, 2.75) is 45.3 Å². The van der Waals surface area contributed by atoms with Gasteiger partial charge < -0.3 is 16.2 Å². The Balaban J connectivity index is 2.23. The summed E-state index contributed by atoms with van der Waals surface area (Å²) in [5.74, 6) is 0.236. The van der Waals surface area contributed by atoms with E-state index in [1.165, 1.54) is 0 Å². The van der Waals surface area contributed by atoms with Gasteiger partial charge in [-0.05, 0) is 24.5 Å². The van der Waals surface area contributed by atoms with Crippen LogP contribution in [0.25, 0.3) is 0 Å². The van der Waals surface area contributed by atoms with Crippen LogP contribution in [0.4, 0.5) is 0 Å². The molecule has 0 aliphatic heterocycles. The summed E-state index contributed by atoms with van der Waals surface area (Å²) in [5, 5.41) is 12.6. The van der Waals surface area contributed by atoms with Crippen molar-refractivity contribution in [1.82, 2.24) is 10.3 Å². The predicted molar refractivity (Wildman–Crippen MR) is 79.0 cm³/mol. The Kier molecular flexibility index (Phi) is 7.18. The smallest absolute Gasteiger partial charge is 0.222 e. The minimum atomic E-state index is -0.785. The van der Waals surface area contributed by atoms with Crippen LogP contribution in [0.2, 0.25) is 0 Å². The Bertz CT molecular complexity index is 395. The van der Waals surface area contributed by atoms with Crippen molar-refractivity contribution in [2.75, 3.05) is 6.54 Å². The Morgan fingerprint density at radius 2 is 2.20 bits per heavy atom. The summed E-state index contributed by atoms with van der Waals surface area (Å²) in [6.07, 6.45) is 2.39. The Morgan fingerprint density at radius 1 is 1.45 bits per heavy atom. The molecule has 0 aliphatic carbocycles. The van der Waals surface area contributed by atoms with Gasteiger partial charge in [-0.3, -0.25) is 9.78 Å². The molecule has 5 heteroatoms. The van der Waals surface area contributed by atoms with Crippen molar-refractivity contribution in [3.05, 3.63) is 30.1 Å². The molecule has 1 aromatic rings. The monoisotopic (exact) mass is 279 g/mol. The lowest BCUT2D eigenvalue weighted by Crippen LogP contribution is -2.40. The molecule has 0 saturated heterocycles. The number of carbonyl (C=O) groups excluding carboxylic acids is 1. The van der Waals surface area contributed by atoms with Gasteiger partial charge in [-0.2, -0.15) is 0 Å². The number of nitrogens with one attached hydrogen (secondary N) is 1. The molecule has 1 rings (SSSR count). The molecular formula is C15H25N3O2. The summed E-state index contributed by atoms with van der Waals surface area (Å²) in [5.41, 5.74) is 6.78. The highest BCUT2D eigenvalue weighted by Gasteiger charge is 2.19. The zero-order valence-corrected chi connectivity index (χ0v) is 12.2. The standard InChI is InChI=1S/C15H25N3O2/c1-11(2)9-13(16)14(19)10-15(20)18-8-6-12-5-3-4-7-17-12/h3-5,7,11,13-14,19H,6,8-10,16H2,1-2H3,(H,18,20). The van der Waals surface area contributed by atoms with E-state index < -0.39 is 6.10 Å². The van der Waals surface area contributed by atoms with E-state index in [9.17, 15) is 9.90 Å². The molecule has 5 nitrogen and oxygen atoms in total. The van der Waals surface area contributed by atoms with E-state index in [0.717, 1.165) is 5.69 Å². The number of aromatic nitrogens is 1. The van der Waals surface area contributed by atoms with Crippen LogP contribution in [0.3, 0.4) is 0 Å². The fraction of sp³-hybridized carbons (Fsp3) is 0.600. The van der Waals surface area contributed by atoms with Crippen molar-refractivity contribution in [3.63, 3.8) is 0 Å². The van der Waals surface area contributed by atoms with Crippen molar-refractivity contribution in [2.24, 2.45) is 11.7 Å². The zero-order chi connectivity index (χ0) is 15.0. The second-order valence-corrected chi connectivity index (χ2v) is 5.49. The van der Waals surface area contributed by atoms with Gasteiger partial charge in [0.05, 0.1) is 12.5 Å². The number of rotatable bonds is 8. The molecular weight excluding hydrogens is 254 g/mol. The fourth-order valence-corrected chi connectivity index (χ4v) is 1.99. The van der Waals surface area contributed by atoms with E-state index in [0.29, 0.717) is 25.3 Å². The molecule has 0 saturated carbocycles. The van der Waals surface area contributed by atoms with E-state index in [4.69, 9.17) is 5.73 Å². The third-order valence-corrected chi connectivity index (χ3v) is 3.06. The molecule has 0 aliphatic rings. The number of nitrogens with two attached hydrogens (primary N) is 1. The minimum Gasteiger partial charge on any atom is -0.391 e. The molecule has 20 heavy (non-hydrogen) atoms. The SMILES string of the molecule is CC(C)CC(N)C(O)CC(=O)NCCc1ccccn1. The summed E-state index contributed by atoms with van der Waals surface area (Å²) in [6, 6.07) is 5.34. The number of carbonyl (C=O) groups is 1. The molecule has 1 aromatic heterocycles. The van der Waals surface area contributed by atoms with E-state index in [1.54, 1.807) is 6.20 Å². The Hall–Kier alpha value is -1.46. The second kappa shape index (κ2) is 8.66. The normalized spacial score (nSPS) is 14.1. The molecule has 0 spiro atoms. The van der Waals surface area contributed by atoms with Gasteiger partial charge in [-0.25, -0.2) is 0 Å². The minimum absolute atomic E-state index is 0.0517. The first kappa shape index (κ1) is 16.6. The van der Waals surface area contributed by atoms with Gasteiger partial charge in [-0.1, -0.05) is 19.9 Å². The zero-order valence-electron chi connectivity index (χ0n) is 12.2. The van der Waals surface area contributed by atoms with E-state index in [-0.39, 0.29) is 18.4 Å². The number of hydrogen-bond acceptors (Lipinski definition) is 4. The third kappa shape index (κ3) is 6.63. The second-order valence-electron chi connectivity index (χ2n) is 5.49. The van der Waals surface area contributed by atoms with Gasteiger partial charge >= 0.3 is 0 Å². The first-order valence-corrected chi connectivity index (χ1v) is 7.09. The highest BCUT2D eigenvalue weighted by atomic mass is 16.3. The maximum atomic E-state index is 11.7. The highest BCUT2D eigenvalue weighted by molar-refractivity contribution is 5.76. The van der Waals surface area contributed by atoms with E-state index in [1.807, 2.05) is 32.0 Å². The lowest BCUT2D eigenvalue weighted by atomic mass is 9.98. The molecule has 0 radical (unpaired) electrons. The van der Waals surface area contributed by atoms with Crippen molar-refractivity contribution < 1.29 is 9.90 Å². The first-order valence-electron chi connectivity index (χ1n) is 7.09. The van der Waals surface area contributed by atoms with Crippen molar-refractivity contribution in [3.8, 4) is 0 Å². The van der Waals surface area contributed by atoms with Crippen LogP contribution in [0, 0.1) is 5.92 Å². The third-order valence-electron chi connectivity index (χ3n) is 3.06. The summed E-state index contributed by atoms with van der Waals surface area (Å²) in [7, 11) is 0. The van der Waals surface area contributed by atoms with Crippen molar-refractivity contribution in [1.29, 1.82) is 0 Å². The quantitative estimate of drug-likeness (QED) is 0.658. The topological polar surface area (TPSA) is 88.2 Å². The van der Waals surface area contributed by atoms with Gasteiger partial charge in [0.15, 0.2) is 0 Å². The van der Waals surface area contributed by atoms with Crippen LogP contribution in [0.5, 0.6) is 0 Å². The van der Waals surface area contributed by atoms with Gasteiger partial charge in [0, 0.05) is 30.9 Å². The average Bonchev–Trinajstić information content (AvgIpc) is 2.39. The van der Waals surface area contributed by atoms with Crippen LogP contribution in [0.1, 0.15) is 32.4 Å². The Morgan fingerprint density at radius 3 is 2.80 bits per heavy atom. The van der Waals surface area contributed by atoms with Gasteiger partial charge in [0.2, 0.25) is 5.91 Å². The fourth-order valence-electron chi connectivity index (χ4n) is 1.99. The van der Waals surface area contributed by atoms with Gasteiger partial charge in [0.1, 0.15) is 0 Å². The lowest BCUT2D eigenvalue weighted by Gasteiger charge is -2.20. The highest BCUT2D eigenvalue weighted by Crippen LogP contribution is 2.08. The maximum Gasteiger partial charge on any atom is 0.222 e. The number of nitrogens with zero attached hydrogens (tertiary/aromatic N) is 1. The van der Waals surface area contributed by atoms with Crippen molar-refractivity contribution >= 4 is 5.91 Å². The van der Waals surface area contributed by atoms with Crippen LogP contribution in [-0.4, -0.2) is 34.7 Å². The van der Waals surface area contributed by atoms with E-state index >= 15 is 0 Å². The molecule has 2 atom stereocenters. The van der Waals surface area contributed by atoms with E-state index in [2.05, 4.69) is 10.3 Å². The van der Waals surface area contributed by atoms with Crippen LogP contribution in [-0.2, 0) is 11.2 Å². The summed E-state index contributed by atoms with van der Waals surface area (Å²) in [6.45, 7) is 4.60. The average molecular weight is 279 g/mol. The molecule has 4 N–H and O–H groups in total. The molecule has 0 fully saturated rings. The first-order chi connectivity index (χ1) is 9.49. The molecule has 0 bridgehead atoms. The molecule has 1 heterocycles. The number of aliphatic hydroxyl groups is 1. The summed E-state index contributed by atoms with van der Waals surface area (Å²) < 4.78 is 0. The molecule has 0 aromatic carbocycles. The summed E-state index contributed by atoms with van der Waals surface area (Å²) in [4.78, 5) is 15.9. The van der Waals surface area contributed by atoms with Gasteiger partial charge in [-0.15, -0.1) is 0 Å². The van der Waals surface area contributed by atoms with Crippen LogP contribution >= 0.6 is 0 Å². The number of pyridine rings is 1. The number of aliphatic hydroxyl groups excluding tert-OH is 1. The van der Waals surface area contributed by atoms with Crippen LogP contribution in [0.15, 0.2) is 24.4 Å². The number of hydrogen-bond donors (Lipinski definition) is 3. The lowest BCUT2D eigenvalue weighted by molar-refractivity contribution is -0.123. The molecule has 1 amide bonds. The largest absolute Gasteiger partial charge is 0.391 e. The Labute approximate surface area is 120 Å². The predicted octanol–water partition coefficient (Wildman–Crippen LogP) is 0.865. The molecule has 2 unspecified atom stereocenters. The maximum absolute atomic E-state index is 11.7. The van der Waals surface area contributed by atoms with Crippen LogP contribution < -0.4 is 11.1 Å².